The Balaban J connectivity index is 1.60. The normalized spacial score (nSPS) is 33.0. The van der Waals surface area contributed by atoms with Crippen LogP contribution in [0.4, 0.5) is 10.5 Å². The molecule has 0 aromatic heterocycles. The minimum absolute atomic E-state index is 0.000770. The summed E-state index contributed by atoms with van der Waals surface area (Å²) in [6.45, 7) is 7.78. The third-order valence-corrected chi connectivity index (χ3v) is 4.99. The van der Waals surface area contributed by atoms with Crippen LogP contribution in [0.3, 0.4) is 0 Å². The highest BCUT2D eigenvalue weighted by Crippen LogP contribution is 2.40. The highest BCUT2D eigenvalue weighted by Gasteiger charge is 2.63. The number of Topliss-reactive ketones (excluding diaryl/α,β-unsaturated/α-hetero) is 1. The molecule has 0 unspecified atom stereocenters. The van der Waals surface area contributed by atoms with Crippen molar-refractivity contribution in [2.75, 3.05) is 18.1 Å². The molecule has 26 heavy (non-hydrogen) atoms. The lowest BCUT2D eigenvalue weighted by molar-refractivity contribution is -0.218. The zero-order valence-corrected chi connectivity index (χ0v) is 15.4. The number of fused-ring (bicyclic) bond motifs is 1. The number of ether oxygens (including phenoxy) is 4. The number of anilines is 1. The van der Waals surface area contributed by atoms with Gasteiger partial charge < -0.3 is 18.9 Å². The zero-order chi connectivity index (χ0) is 18.7. The van der Waals surface area contributed by atoms with Crippen LogP contribution in [0.15, 0.2) is 24.3 Å². The molecule has 140 valence electrons. The molecule has 3 aliphatic heterocycles. The van der Waals surface area contributed by atoms with E-state index < -0.39 is 35.7 Å². The summed E-state index contributed by atoms with van der Waals surface area (Å²) < 4.78 is 22.5. The Morgan fingerprint density at radius 3 is 2.69 bits per heavy atom. The SMILES string of the molecule is CC(C)c1cccc(N2C[C@]3(OC[C@H]4OC(C)(C)O[C@H]4C3=O)OC2=O)c1. The predicted octanol–water partition coefficient (Wildman–Crippen LogP) is 2.58. The molecular formula is C19H23NO6. The largest absolute Gasteiger partial charge is 0.417 e. The Kier molecular flexibility index (Phi) is 3.87. The number of hydrogen-bond donors (Lipinski definition) is 0. The standard InChI is InChI=1S/C19H23NO6/c1-11(2)12-6-5-7-13(8-12)20-10-19(26-17(20)22)16(21)15-14(9-23-19)24-18(3,4)25-15/h5-8,11,14-15H,9-10H2,1-4H3/t14-,15-,19+/m1/s1. The van der Waals surface area contributed by atoms with E-state index in [-0.39, 0.29) is 13.2 Å². The average Bonchev–Trinajstić information content (AvgIpc) is 3.09. The Labute approximate surface area is 152 Å². The maximum atomic E-state index is 13.0. The molecule has 0 bridgehead atoms. The van der Waals surface area contributed by atoms with Crippen molar-refractivity contribution in [1.82, 2.24) is 0 Å². The number of carbonyl (C=O) groups excluding carboxylic acids is 2. The third-order valence-electron chi connectivity index (χ3n) is 4.99. The van der Waals surface area contributed by atoms with E-state index in [0.717, 1.165) is 5.56 Å². The molecule has 1 amide bonds. The van der Waals surface area contributed by atoms with Crippen LogP contribution in [-0.2, 0) is 23.7 Å². The van der Waals surface area contributed by atoms with Gasteiger partial charge in [-0.25, -0.2) is 4.79 Å². The molecule has 3 heterocycles. The molecule has 4 rings (SSSR count). The fraction of sp³-hybridized carbons (Fsp3) is 0.579. The van der Waals surface area contributed by atoms with E-state index in [2.05, 4.69) is 13.8 Å². The molecule has 3 aliphatic rings. The smallest absolute Gasteiger partial charge is 0.407 e. The summed E-state index contributed by atoms with van der Waals surface area (Å²) in [7, 11) is 0. The Morgan fingerprint density at radius 2 is 1.96 bits per heavy atom. The predicted molar refractivity (Wildman–Crippen MR) is 91.9 cm³/mol. The minimum Gasteiger partial charge on any atom is -0.407 e. The highest BCUT2D eigenvalue weighted by molar-refractivity contribution is 6.00. The number of benzene rings is 1. The van der Waals surface area contributed by atoms with Crippen molar-refractivity contribution >= 4 is 17.6 Å². The van der Waals surface area contributed by atoms with Crippen LogP contribution in [0.2, 0.25) is 0 Å². The van der Waals surface area contributed by atoms with E-state index in [0.29, 0.717) is 11.6 Å². The highest BCUT2D eigenvalue weighted by atomic mass is 16.8. The molecule has 1 aromatic rings. The summed E-state index contributed by atoms with van der Waals surface area (Å²) in [4.78, 5) is 26.9. The summed E-state index contributed by atoms with van der Waals surface area (Å²) >= 11 is 0. The van der Waals surface area contributed by atoms with Crippen molar-refractivity contribution in [3.05, 3.63) is 29.8 Å². The number of carbonyl (C=O) groups is 2. The van der Waals surface area contributed by atoms with E-state index >= 15 is 0 Å². The Hall–Kier alpha value is -1.96. The first-order valence-electron chi connectivity index (χ1n) is 8.85. The lowest BCUT2D eigenvalue weighted by Gasteiger charge is -2.34. The second-order valence-corrected chi connectivity index (χ2v) is 7.73. The number of ketones is 1. The van der Waals surface area contributed by atoms with Crippen molar-refractivity contribution in [2.45, 2.75) is 57.4 Å². The molecule has 3 atom stereocenters. The summed E-state index contributed by atoms with van der Waals surface area (Å²) in [5.74, 6) is -2.60. The minimum atomic E-state index is -1.64. The van der Waals surface area contributed by atoms with Crippen LogP contribution in [0.5, 0.6) is 0 Å². The van der Waals surface area contributed by atoms with Crippen LogP contribution < -0.4 is 4.90 Å². The molecule has 0 aliphatic carbocycles. The van der Waals surface area contributed by atoms with Crippen LogP contribution in [0, 0.1) is 0 Å². The van der Waals surface area contributed by atoms with E-state index in [1.54, 1.807) is 13.8 Å². The number of hydrogen-bond acceptors (Lipinski definition) is 6. The van der Waals surface area contributed by atoms with Gasteiger partial charge in [0.2, 0.25) is 5.78 Å². The van der Waals surface area contributed by atoms with Crippen LogP contribution in [0.25, 0.3) is 0 Å². The van der Waals surface area contributed by atoms with Gasteiger partial charge >= 0.3 is 6.09 Å². The molecular weight excluding hydrogens is 338 g/mol. The lowest BCUT2D eigenvalue weighted by atomic mass is 9.98. The molecule has 1 spiro atoms. The van der Waals surface area contributed by atoms with Gasteiger partial charge in [0.15, 0.2) is 11.9 Å². The summed E-state index contributed by atoms with van der Waals surface area (Å²) in [6, 6.07) is 7.64. The summed E-state index contributed by atoms with van der Waals surface area (Å²) in [5, 5.41) is 0. The van der Waals surface area contributed by atoms with Gasteiger partial charge in [-0.15, -0.1) is 0 Å². The molecule has 3 fully saturated rings. The maximum Gasteiger partial charge on any atom is 0.417 e. The van der Waals surface area contributed by atoms with Crippen molar-refractivity contribution in [3.63, 3.8) is 0 Å². The first-order chi connectivity index (χ1) is 12.2. The quantitative estimate of drug-likeness (QED) is 0.806. The van der Waals surface area contributed by atoms with Crippen molar-refractivity contribution < 1.29 is 28.5 Å². The van der Waals surface area contributed by atoms with Gasteiger partial charge in [-0.1, -0.05) is 26.0 Å². The number of amides is 1. The summed E-state index contributed by atoms with van der Waals surface area (Å²) in [5.41, 5.74) is 1.78. The first kappa shape index (κ1) is 17.5. The van der Waals surface area contributed by atoms with Crippen LogP contribution in [0.1, 0.15) is 39.2 Å². The molecule has 7 nitrogen and oxygen atoms in total. The number of rotatable bonds is 2. The molecule has 0 radical (unpaired) electrons. The Morgan fingerprint density at radius 1 is 1.19 bits per heavy atom. The monoisotopic (exact) mass is 361 g/mol. The van der Waals surface area contributed by atoms with Gasteiger partial charge in [0, 0.05) is 5.69 Å². The van der Waals surface area contributed by atoms with Crippen molar-refractivity contribution in [3.8, 4) is 0 Å². The van der Waals surface area contributed by atoms with Gasteiger partial charge in [-0.05, 0) is 37.5 Å². The van der Waals surface area contributed by atoms with Crippen LogP contribution in [-0.4, -0.2) is 48.8 Å². The molecule has 0 saturated carbocycles. The zero-order valence-electron chi connectivity index (χ0n) is 15.4. The summed E-state index contributed by atoms with van der Waals surface area (Å²) in [6.07, 6.45) is -1.88. The Bertz CT molecular complexity index is 760. The van der Waals surface area contributed by atoms with Gasteiger partial charge in [0.25, 0.3) is 5.79 Å². The molecule has 1 aromatic carbocycles. The first-order valence-corrected chi connectivity index (χ1v) is 8.85. The van der Waals surface area contributed by atoms with Crippen LogP contribution >= 0.6 is 0 Å². The van der Waals surface area contributed by atoms with Gasteiger partial charge in [0.1, 0.15) is 12.6 Å². The fourth-order valence-corrected chi connectivity index (χ4v) is 3.64. The second-order valence-electron chi connectivity index (χ2n) is 7.73. The number of nitrogens with zero attached hydrogens (tertiary/aromatic N) is 1. The molecule has 3 saturated heterocycles. The average molecular weight is 361 g/mol. The molecule has 7 heteroatoms. The maximum absolute atomic E-state index is 13.0. The van der Waals surface area contributed by atoms with E-state index in [4.69, 9.17) is 18.9 Å². The van der Waals surface area contributed by atoms with E-state index in [9.17, 15) is 9.59 Å². The van der Waals surface area contributed by atoms with Crippen molar-refractivity contribution in [2.24, 2.45) is 0 Å². The lowest BCUT2D eigenvalue weighted by Crippen LogP contribution is -2.59. The third kappa shape index (κ3) is 2.71. The van der Waals surface area contributed by atoms with Gasteiger partial charge in [0.05, 0.1) is 6.61 Å². The van der Waals surface area contributed by atoms with Gasteiger partial charge in [-0.3, -0.25) is 9.69 Å². The molecule has 0 N–H and O–H groups in total. The second kappa shape index (κ2) is 5.77. The van der Waals surface area contributed by atoms with E-state index in [1.165, 1.54) is 4.90 Å². The van der Waals surface area contributed by atoms with Crippen molar-refractivity contribution in [1.29, 1.82) is 0 Å². The topological polar surface area (TPSA) is 74.3 Å². The fourth-order valence-electron chi connectivity index (χ4n) is 3.64. The van der Waals surface area contributed by atoms with E-state index in [1.807, 2.05) is 24.3 Å². The van der Waals surface area contributed by atoms with Gasteiger partial charge in [-0.2, -0.15) is 0 Å².